The zero-order chi connectivity index (χ0) is 20.4. The van der Waals surface area contributed by atoms with E-state index in [1.165, 1.54) is 6.92 Å². The molecular weight excluding hydrogens is 376 g/mol. The van der Waals surface area contributed by atoms with Gasteiger partial charge in [0.15, 0.2) is 0 Å². The third-order valence-corrected chi connectivity index (χ3v) is 8.29. The molecular formula is C22H28O7. The minimum absolute atomic E-state index is 0.0498. The van der Waals surface area contributed by atoms with Crippen LogP contribution in [-0.4, -0.2) is 42.0 Å². The van der Waals surface area contributed by atoms with Crippen LogP contribution < -0.4 is 0 Å². The second-order valence-electron chi connectivity index (χ2n) is 9.40. The van der Waals surface area contributed by atoms with Crippen LogP contribution in [-0.2, 0) is 23.8 Å². The summed E-state index contributed by atoms with van der Waals surface area (Å²) in [7, 11) is 0. The van der Waals surface area contributed by atoms with E-state index in [0.29, 0.717) is 19.4 Å². The number of aliphatic hydroxyl groups is 1. The minimum Gasteiger partial charge on any atom is -0.472 e. The quantitative estimate of drug-likeness (QED) is 0.611. The number of ether oxygens (including phenoxy) is 3. The number of aliphatic hydroxyl groups excluding tert-OH is 1. The lowest BCUT2D eigenvalue weighted by Gasteiger charge is -2.60. The first-order valence-electron chi connectivity index (χ1n) is 10.5. The molecule has 7 nitrogen and oxygen atoms in total. The number of fused-ring (bicyclic) bond motifs is 3. The summed E-state index contributed by atoms with van der Waals surface area (Å²) in [6.45, 7) is 4.02. The first-order chi connectivity index (χ1) is 13.9. The largest absolute Gasteiger partial charge is 0.472 e. The molecule has 2 aliphatic carbocycles. The Balaban J connectivity index is 1.59. The number of esters is 2. The summed E-state index contributed by atoms with van der Waals surface area (Å²) in [6.07, 6.45) is 5.65. The van der Waals surface area contributed by atoms with E-state index in [1.54, 1.807) is 12.5 Å². The van der Waals surface area contributed by atoms with Gasteiger partial charge in [0.2, 0.25) is 0 Å². The maximum atomic E-state index is 13.5. The summed E-state index contributed by atoms with van der Waals surface area (Å²) < 4.78 is 22.6. The number of furan rings is 1. The Bertz CT molecular complexity index is 813. The second kappa shape index (κ2) is 6.32. The van der Waals surface area contributed by atoms with Crippen LogP contribution in [0.2, 0.25) is 0 Å². The molecule has 2 aliphatic heterocycles. The van der Waals surface area contributed by atoms with Crippen LogP contribution >= 0.6 is 0 Å². The van der Waals surface area contributed by atoms with Crippen molar-refractivity contribution in [1.29, 1.82) is 0 Å². The molecule has 29 heavy (non-hydrogen) atoms. The highest BCUT2D eigenvalue weighted by Gasteiger charge is 2.77. The van der Waals surface area contributed by atoms with Crippen molar-refractivity contribution >= 4 is 11.9 Å². The molecule has 1 N–H and O–H groups in total. The molecule has 0 aromatic carbocycles. The Labute approximate surface area is 169 Å². The van der Waals surface area contributed by atoms with Gasteiger partial charge in [-0.05, 0) is 37.2 Å². The Hall–Kier alpha value is -1.86. The molecule has 158 valence electrons. The standard InChI is InChI=1S/C22H28O7/c1-13-8-18(24)22(12-27-14(2)23)17(4-3-6-20(22)11-28-20)21(13)9-16(29-19(21)25)15-5-7-26-10-15/h5,7,10,13,16-18,24H,3-4,6,8-9,11-12H2,1-2H3. The van der Waals surface area contributed by atoms with Crippen LogP contribution in [0.4, 0.5) is 0 Å². The molecule has 4 fully saturated rings. The van der Waals surface area contributed by atoms with Gasteiger partial charge in [-0.25, -0.2) is 0 Å². The predicted molar refractivity (Wildman–Crippen MR) is 99.5 cm³/mol. The van der Waals surface area contributed by atoms with E-state index in [1.807, 2.05) is 13.0 Å². The van der Waals surface area contributed by atoms with Gasteiger partial charge in [0, 0.05) is 18.9 Å². The van der Waals surface area contributed by atoms with Crippen LogP contribution in [0, 0.1) is 22.7 Å². The van der Waals surface area contributed by atoms with Crippen molar-refractivity contribution in [3.63, 3.8) is 0 Å². The summed E-state index contributed by atoms with van der Waals surface area (Å²) in [6, 6.07) is 1.83. The second-order valence-corrected chi connectivity index (χ2v) is 9.40. The summed E-state index contributed by atoms with van der Waals surface area (Å²) in [5.74, 6) is -0.817. The molecule has 1 aromatic rings. The zero-order valence-electron chi connectivity index (χ0n) is 16.9. The van der Waals surface area contributed by atoms with Crippen LogP contribution in [0.3, 0.4) is 0 Å². The lowest BCUT2D eigenvalue weighted by atomic mass is 9.42. The predicted octanol–water partition coefficient (Wildman–Crippen LogP) is 2.77. The molecule has 2 saturated heterocycles. The Morgan fingerprint density at radius 3 is 2.86 bits per heavy atom. The Kier molecular flexibility index (Phi) is 4.17. The summed E-state index contributed by atoms with van der Waals surface area (Å²) >= 11 is 0. The van der Waals surface area contributed by atoms with Crippen molar-refractivity contribution in [2.24, 2.45) is 22.7 Å². The van der Waals surface area contributed by atoms with Gasteiger partial charge in [-0.3, -0.25) is 9.59 Å². The molecule has 1 aromatic heterocycles. The van der Waals surface area contributed by atoms with Gasteiger partial charge in [0.25, 0.3) is 0 Å². The molecule has 5 rings (SSSR count). The van der Waals surface area contributed by atoms with E-state index in [9.17, 15) is 14.7 Å². The van der Waals surface area contributed by atoms with E-state index in [2.05, 4.69) is 0 Å². The van der Waals surface area contributed by atoms with E-state index >= 15 is 0 Å². The van der Waals surface area contributed by atoms with Crippen LogP contribution in [0.25, 0.3) is 0 Å². The average molecular weight is 404 g/mol. The SMILES string of the molecule is CC(=O)OCC12C(O)CC(C)C3(CC(c4ccoc4)OC3=O)C1CCCC21CO1. The zero-order valence-corrected chi connectivity index (χ0v) is 16.9. The molecule has 2 spiro atoms. The lowest BCUT2D eigenvalue weighted by Crippen LogP contribution is -2.67. The van der Waals surface area contributed by atoms with Gasteiger partial charge in [-0.2, -0.15) is 0 Å². The highest BCUT2D eigenvalue weighted by molar-refractivity contribution is 5.81. The maximum absolute atomic E-state index is 13.5. The summed E-state index contributed by atoms with van der Waals surface area (Å²) in [4.78, 5) is 25.2. The highest BCUT2D eigenvalue weighted by Crippen LogP contribution is 2.70. The van der Waals surface area contributed by atoms with Gasteiger partial charge < -0.3 is 23.7 Å². The number of epoxide rings is 1. The third kappa shape index (κ3) is 2.43. The third-order valence-electron chi connectivity index (χ3n) is 8.29. The Morgan fingerprint density at radius 1 is 1.41 bits per heavy atom. The number of hydrogen-bond acceptors (Lipinski definition) is 7. The van der Waals surface area contributed by atoms with E-state index in [0.717, 1.165) is 24.8 Å². The van der Waals surface area contributed by atoms with Crippen molar-refractivity contribution in [1.82, 2.24) is 0 Å². The number of hydrogen-bond donors (Lipinski definition) is 1. The van der Waals surface area contributed by atoms with E-state index < -0.39 is 22.5 Å². The molecule has 0 bridgehead atoms. The van der Waals surface area contributed by atoms with Crippen LogP contribution in [0.15, 0.2) is 23.0 Å². The highest BCUT2D eigenvalue weighted by atomic mass is 16.6. The van der Waals surface area contributed by atoms with Gasteiger partial charge in [-0.1, -0.05) is 13.3 Å². The van der Waals surface area contributed by atoms with Crippen molar-refractivity contribution < 1.29 is 33.3 Å². The summed E-state index contributed by atoms with van der Waals surface area (Å²) in [5, 5.41) is 11.4. The molecule has 4 aliphatic rings. The Morgan fingerprint density at radius 2 is 2.21 bits per heavy atom. The van der Waals surface area contributed by atoms with Gasteiger partial charge >= 0.3 is 11.9 Å². The smallest absolute Gasteiger partial charge is 0.313 e. The first-order valence-corrected chi connectivity index (χ1v) is 10.5. The van der Waals surface area contributed by atoms with Crippen LogP contribution in [0.1, 0.15) is 57.6 Å². The lowest BCUT2D eigenvalue weighted by molar-refractivity contribution is -0.219. The van der Waals surface area contributed by atoms with Gasteiger partial charge in [0.05, 0.1) is 36.1 Å². The van der Waals surface area contributed by atoms with Crippen molar-refractivity contribution in [2.45, 2.75) is 63.8 Å². The average Bonchev–Trinajstić information content (AvgIpc) is 3.12. The number of carbonyl (C=O) groups is 2. The molecule has 7 atom stereocenters. The minimum atomic E-state index is -0.784. The van der Waals surface area contributed by atoms with Gasteiger partial charge in [-0.15, -0.1) is 0 Å². The number of cyclic esters (lactones) is 1. The molecule has 3 heterocycles. The fraction of sp³-hybridized carbons (Fsp3) is 0.727. The van der Waals surface area contributed by atoms with E-state index in [4.69, 9.17) is 18.6 Å². The topological polar surface area (TPSA) is 98.5 Å². The van der Waals surface area contributed by atoms with Gasteiger partial charge in [0.1, 0.15) is 18.3 Å². The fourth-order valence-corrected chi connectivity index (χ4v) is 6.80. The number of carbonyl (C=O) groups excluding carboxylic acids is 2. The van der Waals surface area contributed by atoms with E-state index in [-0.39, 0.29) is 36.5 Å². The maximum Gasteiger partial charge on any atom is 0.313 e. The van der Waals surface area contributed by atoms with Crippen LogP contribution in [0.5, 0.6) is 0 Å². The van der Waals surface area contributed by atoms with Crippen molar-refractivity contribution in [2.75, 3.05) is 13.2 Å². The first kappa shape index (κ1) is 19.1. The van der Waals surface area contributed by atoms with Crippen molar-refractivity contribution in [3.05, 3.63) is 24.2 Å². The molecule has 0 amide bonds. The summed E-state index contributed by atoms with van der Waals surface area (Å²) in [5.41, 5.74) is -1.19. The molecule has 2 saturated carbocycles. The molecule has 7 unspecified atom stereocenters. The molecule has 0 radical (unpaired) electrons. The number of rotatable bonds is 3. The fourth-order valence-electron chi connectivity index (χ4n) is 6.80. The molecule has 7 heteroatoms. The van der Waals surface area contributed by atoms with Crippen molar-refractivity contribution in [3.8, 4) is 0 Å². The normalized spacial score (nSPS) is 45.8. The monoisotopic (exact) mass is 404 g/mol.